The van der Waals surface area contributed by atoms with Gasteiger partial charge in [-0.15, -0.1) is 0 Å². The molecule has 0 saturated heterocycles. The molecule has 0 atom stereocenters. The molecule has 20 heavy (non-hydrogen) atoms. The lowest BCUT2D eigenvalue weighted by molar-refractivity contribution is -0.141. The summed E-state index contributed by atoms with van der Waals surface area (Å²) in [5.74, 6) is -1.91. The first-order chi connectivity index (χ1) is 9.56. The Morgan fingerprint density at radius 3 is 2.45 bits per heavy atom. The number of rotatable bonds is 5. The molecule has 0 unspecified atom stereocenters. The minimum Gasteiger partial charge on any atom is -0.468 e. The van der Waals surface area contributed by atoms with Gasteiger partial charge in [-0.2, -0.15) is 5.26 Å². The largest absolute Gasteiger partial charge is 0.468 e. The summed E-state index contributed by atoms with van der Waals surface area (Å²) in [6.07, 6.45) is 0. The first-order valence-corrected chi connectivity index (χ1v) is 5.57. The Morgan fingerprint density at radius 1 is 1.25 bits per heavy atom. The van der Waals surface area contributed by atoms with Gasteiger partial charge in [0.05, 0.1) is 24.3 Å². The van der Waals surface area contributed by atoms with E-state index in [1.54, 1.807) is 0 Å². The number of carbonyl (C=O) groups is 3. The van der Waals surface area contributed by atoms with Crippen LogP contribution >= 0.6 is 0 Å². The smallest absolute Gasteiger partial charge is 0.338 e. The van der Waals surface area contributed by atoms with Gasteiger partial charge < -0.3 is 14.8 Å². The maximum atomic E-state index is 11.6. The number of ether oxygens (including phenoxy) is 2. The zero-order valence-corrected chi connectivity index (χ0v) is 10.7. The lowest BCUT2D eigenvalue weighted by Crippen LogP contribution is -2.33. The second-order valence-electron chi connectivity index (χ2n) is 3.62. The minimum absolute atomic E-state index is 0.227. The van der Waals surface area contributed by atoms with Crippen LogP contribution in [-0.2, 0) is 19.1 Å². The van der Waals surface area contributed by atoms with Crippen LogP contribution in [0.5, 0.6) is 0 Å². The Kier molecular flexibility index (Phi) is 5.72. The van der Waals surface area contributed by atoms with Crippen LogP contribution in [0.3, 0.4) is 0 Å². The Morgan fingerprint density at radius 2 is 1.90 bits per heavy atom. The number of nitrogens with one attached hydrogen (secondary N) is 1. The number of esters is 2. The van der Waals surface area contributed by atoms with E-state index in [1.807, 2.05) is 6.07 Å². The Labute approximate surface area is 115 Å². The number of methoxy groups -OCH3 is 1. The second-order valence-corrected chi connectivity index (χ2v) is 3.62. The molecule has 0 spiro atoms. The van der Waals surface area contributed by atoms with Crippen LogP contribution in [0, 0.1) is 11.3 Å². The molecule has 0 aliphatic carbocycles. The van der Waals surface area contributed by atoms with Crippen molar-refractivity contribution in [3.05, 3.63) is 35.4 Å². The molecule has 0 aliphatic rings. The van der Waals surface area contributed by atoms with Gasteiger partial charge in [0, 0.05) is 0 Å². The van der Waals surface area contributed by atoms with Gasteiger partial charge in [0.15, 0.2) is 6.61 Å². The predicted octanol–water partition coefficient (Wildman–Crippen LogP) is 0.00428. The summed E-state index contributed by atoms with van der Waals surface area (Å²) in [5, 5.41) is 10.8. The Hall–Kier alpha value is -2.88. The molecule has 7 heteroatoms. The molecule has 0 radical (unpaired) electrons. The van der Waals surface area contributed by atoms with Gasteiger partial charge >= 0.3 is 11.9 Å². The molecule has 0 bridgehead atoms. The highest BCUT2D eigenvalue weighted by atomic mass is 16.5. The molecule has 0 aromatic heterocycles. The third kappa shape index (κ3) is 4.78. The zero-order chi connectivity index (χ0) is 15.0. The lowest BCUT2D eigenvalue weighted by atomic mass is 10.1. The SMILES string of the molecule is COC(=O)CNC(=O)COC(=O)c1ccc(C#N)cc1. The summed E-state index contributed by atoms with van der Waals surface area (Å²) in [6, 6.07) is 7.70. The average molecular weight is 276 g/mol. The van der Waals surface area contributed by atoms with Crippen molar-refractivity contribution in [3.8, 4) is 6.07 Å². The number of amides is 1. The molecule has 7 nitrogen and oxygen atoms in total. The number of carbonyl (C=O) groups excluding carboxylic acids is 3. The Bertz CT molecular complexity index is 545. The second kappa shape index (κ2) is 7.53. The van der Waals surface area contributed by atoms with Crippen molar-refractivity contribution in [3.63, 3.8) is 0 Å². The lowest BCUT2D eigenvalue weighted by Gasteiger charge is -2.05. The molecule has 0 aliphatic heterocycles. The first kappa shape index (κ1) is 15.2. The van der Waals surface area contributed by atoms with Crippen molar-refractivity contribution in [2.45, 2.75) is 0 Å². The summed E-state index contributed by atoms with van der Waals surface area (Å²) >= 11 is 0. The molecule has 0 heterocycles. The molecule has 0 fully saturated rings. The van der Waals surface area contributed by atoms with Crippen molar-refractivity contribution >= 4 is 17.8 Å². The van der Waals surface area contributed by atoms with E-state index in [1.165, 1.54) is 31.4 Å². The van der Waals surface area contributed by atoms with E-state index in [0.29, 0.717) is 5.56 Å². The van der Waals surface area contributed by atoms with E-state index >= 15 is 0 Å². The van der Waals surface area contributed by atoms with Gasteiger partial charge in [0.25, 0.3) is 5.91 Å². The molecular weight excluding hydrogens is 264 g/mol. The minimum atomic E-state index is -0.692. The number of nitrogens with zero attached hydrogens (tertiary/aromatic N) is 1. The van der Waals surface area contributed by atoms with Crippen LogP contribution in [0.1, 0.15) is 15.9 Å². The quantitative estimate of drug-likeness (QED) is 0.759. The molecule has 1 rings (SSSR count). The number of hydrogen-bond acceptors (Lipinski definition) is 6. The van der Waals surface area contributed by atoms with Crippen LogP contribution in [-0.4, -0.2) is 38.1 Å². The molecule has 1 aromatic carbocycles. The predicted molar refractivity (Wildman–Crippen MR) is 66.5 cm³/mol. The van der Waals surface area contributed by atoms with Crippen molar-refractivity contribution in [2.24, 2.45) is 0 Å². The van der Waals surface area contributed by atoms with E-state index in [0.717, 1.165) is 0 Å². The van der Waals surface area contributed by atoms with Crippen molar-refractivity contribution in [1.29, 1.82) is 5.26 Å². The summed E-state index contributed by atoms with van der Waals surface area (Å²) < 4.78 is 9.07. The van der Waals surface area contributed by atoms with Gasteiger partial charge in [0.2, 0.25) is 0 Å². The van der Waals surface area contributed by atoms with Gasteiger partial charge in [-0.1, -0.05) is 0 Å². The Balaban J connectivity index is 2.41. The van der Waals surface area contributed by atoms with Gasteiger partial charge in [-0.3, -0.25) is 9.59 Å². The molecular formula is C13H12N2O5. The normalized spacial score (nSPS) is 9.20. The summed E-state index contributed by atoms with van der Waals surface area (Å²) in [4.78, 5) is 33.6. The van der Waals surface area contributed by atoms with Crippen LogP contribution < -0.4 is 5.32 Å². The molecule has 1 N–H and O–H groups in total. The first-order valence-electron chi connectivity index (χ1n) is 5.57. The molecule has 1 amide bonds. The van der Waals surface area contributed by atoms with Gasteiger partial charge in [0.1, 0.15) is 6.54 Å². The monoisotopic (exact) mass is 276 g/mol. The molecule has 1 aromatic rings. The van der Waals surface area contributed by atoms with E-state index in [4.69, 9.17) is 10.00 Å². The van der Waals surface area contributed by atoms with E-state index in [9.17, 15) is 14.4 Å². The molecule has 104 valence electrons. The standard InChI is InChI=1S/C13H12N2O5/c1-19-12(17)7-15-11(16)8-20-13(18)10-4-2-9(6-14)3-5-10/h2-5H,7-8H2,1H3,(H,15,16). The van der Waals surface area contributed by atoms with Crippen LogP contribution in [0.25, 0.3) is 0 Å². The van der Waals surface area contributed by atoms with E-state index in [2.05, 4.69) is 10.1 Å². The highest BCUT2D eigenvalue weighted by molar-refractivity contribution is 5.91. The summed E-state index contributed by atoms with van der Waals surface area (Å²) in [6.45, 7) is -0.792. The maximum absolute atomic E-state index is 11.6. The van der Waals surface area contributed by atoms with E-state index in [-0.39, 0.29) is 12.1 Å². The third-order valence-corrected chi connectivity index (χ3v) is 2.24. The number of benzene rings is 1. The van der Waals surface area contributed by atoms with Crippen molar-refractivity contribution < 1.29 is 23.9 Å². The maximum Gasteiger partial charge on any atom is 0.338 e. The average Bonchev–Trinajstić information content (AvgIpc) is 2.50. The highest BCUT2D eigenvalue weighted by Gasteiger charge is 2.11. The van der Waals surface area contributed by atoms with Crippen LogP contribution in [0.4, 0.5) is 0 Å². The zero-order valence-electron chi connectivity index (χ0n) is 10.7. The third-order valence-electron chi connectivity index (χ3n) is 2.24. The summed E-state index contributed by atoms with van der Waals surface area (Å²) in [7, 11) is 1.19. The number of hydrogen-bond donors (Lipinski definition) is 1. The number of nitriles is 1. The van der Waals surface area contributed by atoms with Gasteiger partial charge in [-0.25, -0.2) is 4.79 Å². The van der Waals surface area contributed by atoms with Crippen LogP contribution in [0.15, 0.2) is 24.3 Å². The van der Waals surface area contributed by atoms with Crippen molar-refractivity contribution in [2.75, 3.05) is 20.3 Å². The van der Waals surface area contributed by atoms with Gasteiger partial charge in [-0.05, 0) is 24.3 Å². The fourth-order valence-electron chi connectivity index (χ4n) is 1.19. The van der Waals surface area contributed by atoms with Crippen LogP contribution in [0.2, 0.25) is 0 Å². The fraction of sp³-hybridized carbons (Fsp3) is 0.231. The topological polar surface area (TPSA) is 105 Å². The fourth-order valence-corrected chi connectivity index (χ4v) is 1.19. The highest BCUT2D eigenvalue weighted by Crippen LogP contribution is 2.04. The van der Waals surface area contributed by atoms with E-state index < -0.39 is 24.5 Å². The summed E-state index contributed by atoms with van der Waals surface area (Å²) in [5.41, 5.74) is 0.641. The van der Waals surface area contributed by atoms with Crippen molar-refractivity contribution in [1.82, 2.24) is 5.32 Å². The molecule has 0 saturated carbocycles.